The van der Waals surface area contributed by atoms with Crippen molar-refractivity contribution in [2.45, 2.75) is 19.9 Å². The topological polar surface area (TPSA) is 68.0 Å². The molecule has 0 saturated heterocycles. The number of hydrogen-bond acceptors (Lipinski definition) is 4. The molecule has 4 nitrogen and oxygen atoms in total. The van der Waals surface area contributed by atoms with E-state index in [4.69, 9.17) is 5.73 Å². The van der Waals surface area contributed by atoms with Gasteiger partial charge in [0.05, 0.1) is 6.04 Å². The molecule has 0 aliphatic carbocycles. The average molecular weight is 261 g/mol. The lowest BCUT2D eigenvalue weighted by atomic mass is 10.2. The van der Waals surface area contributed by atoms with Crippen molar-refractivity contribution < 1.29 is 4.79 Å². The number of pyridine rings is 1. The number of anilines is 1. The fourth-order valence-electron chi connectivity index (χ4n) is 1.63. The Morgan fingerprint density at radius 3 is 2.83 bits per heavy atom. The first kappa shape index (κ1) is 12.6. The van der Waals surface area contributed by atoms with Gasteiger partial charge in [-0.3, -0.25) is 4.79 Å². The maximum Gasteiger partial charge on any atom is 0.251 e. The van der Waals surface area contributed by atoms with Crippen molar-refractivity contribution in [1.29, 1.82) is 0 Å². The first-order valence-electron chi connectivity index (χ1n) is 5.65. The van der Waals surface area contributed by atoms with E-state index < -0.39 is 0 Å². The van der Waals surface area contributed by atoms with Gasteiger partial charge in [0.1, 0.15) is 5.82 Å². The molecule has 0 radical (unpaired) electrons. The van der Waals surface area contributed by atoms with Crippen LogP contribution >= 0.6 is 11.3 Å². The highest BCUT2D eigenvalue weighted by molar-refractivity contribution is 7.12. The van der Waals surface area contributed by atoms with Gasteiger partial charge in [0.25, 0.3) is 5.91 Å². The SMILES string of the molecule is Cc1ccc(C(C)NC(=O)c2ccnc(N)c2)s1. The number of nitrogens with two attached hydrogens (primary N) is 1. The molecule has 2 heterocycles. The summed E-state index contributed by atoms with van der Waals surface area (Å²) >= 11 is 1.68. The Kier molecular flexibility index (Phi) is 3.62. The average Bonchev–Trinajstić information content (AvgIpc) is 2.76. The highest BCUT2D eigenvalue weighted by Gasteiger charge is 2.12. The molecule has 0 saturated carbocycles. The van der Waals surface area contributed by atoms with Gasteiger partial charge in [-0.15, -0.1) is 11.3 Å². The van der Waals surface area contributed by atoms with E-state index >= 15 is 0 Å². The zero-order valence-corrected chi connectivity index (χ0v) is 11.1. The van der Waals surface area contributed by atoms with Gasteiger partial charge in [-0.05, 0) is 38.1 Å². The van der Waals surface area contributed by atoms with Gasteiger partial charge >= 0.3 is 0 Å². The van der Waals surface area contributed by atoms with E-state index in [9.17, 15) is 4.79 Å². The molecule has 1 atom stereocenters. The standard InChI is InChI=1S/C13H15N3OS/c1-8-3-4-11(18-8)9(2)16-13(17)10-5-6-15-12(14)7-10/h3-7,9H,1-2H3,(H2,14,15)(H,16,17). The molecule has 2 aromatic rings. The number of hydrogen-bond donors (Lipinski definition) is 2. The van der Waals surface area contributed by atoms with Crippen LogP contribution in [0.3, 0.4) is 0 Å². The van der Waals surface area contributed by atoms with Crippen molar-refractivity contribution >= 4 is 23.1 Å². The first-order chi connectivity index (χ1) is 8.56. The minimum atomic E-state index is -0.136. The van der Waals surface area contributed by atoms with Crippen LogP contribution in [0.2, 0.25) is 0 Å². The molecule has 0 spiro atoms. The zero-order chi connectivity index (χ0) is 13.1. The fourth-order valence-corrected chi connectivity index (χ4v) is 2.51. The maximum atomic E-state index is 12.0. The van der Waals surface area contributed by atoms with Crippen LogP contribution in [0.4, 0.5) is 5.82 Å². The highest BCUT2D eigenvalue weighted by atomic mass is 32.1. The van der Waals surface area contributed by atoms with Crippen molar-refractivity contribution in [2.24, 2.45) is 0 Å². The van der Waals surface area contributed by atoms with Gasteiger partial charge in [0, 0.05) is 21.5 Å². The summed E-state index contributed by atoms with van der Waals surface area (Å²) in [6.07, 6.45) is 1.53. The van der Waals surface area contributed by atoms with E-state index in [1.165, 1.54) is 11.1 Å². The Morgan fingerprint density at radius 2 is 2.22 bits per heavy atom. The van der Waals surface area contributed by atoms with E-state index in [2.05, 4.69) is 10.3 Å². The molecular formula is C13H15N3OS. The molecule has 0 aliphatic heterocycles. The minimum absolute atomic E-state index is 0.00871. The van der Waals surface area contributed by atoms with Gasteiger partial charge < -0.3 is 11.1 Å². The van der Waals surface area contributed by atoms with Crippen LogP contribution in [0.15, 0.2) is 30.5 Å². The number of aromatic nitrogens is 1. The van der Waals surface area contributed by atoms with Crippen LogP contribution < -0.4 is 11.1 Å². The third-order valence-corrected chi connectivity index (χ3v) is 3.76. The van der Waals surface area contributed by atoms with Crippen LogP contribution in [0.1, 0.15) is 33.1 Å². The highest BCUT2D eigenvalue weighted by Crippen LogP contribution is 2.22. The van der Waals surface area contributed by atoms with E-state index in [1.54, 1.807) is 23.5 Å². The number of rotatable bonds is 3. The quantitative estimate of drug-likeness (QED) is 0.892. The third kappa shape index (κ3) is 2.87. The van der Waals surface area contributed by atoms with E-state index in [1.807, 2.05) is 26.0 Å². The molecule has 18 heavy (non-hydrogen) atoms. The molecule has 0 aromatic carbocycles. The Bertz CT molecular complexity index is 565. The Balaban J connectivity index is 2.08. The number of aryl methyl sites for hydroxylation is 1. The van der Waals surface area contributed by atoms with E-state index in [-0.39, 0.29) is 11.9 Å². The molecular weight excluding hydrogens is 246 g/mol. The summed E-state index contributed by atoms with van der Waals surface area (Å²) in [4.78, 5) is 18.2. The van der Waals surface area contributed by atoms with Crippen molar-refractivity contribution in [1.82, 2.24) is 10.3 Å². The third-order valence-electron chi connectivity index (χ3n) is 2.58. The molecule has 94 valence electrons. The second-order valence-electron chi connectivity index (χ2n) is 4.11. The van der Waals surface area contributed by atoms with Crippen molar-refractivity contribution in [3.05, 3.63) is 45.8 Å². The molecule has 3 N–H and O–H groups in total. The predicted octanol–water partition coefficient (Wildman–Crippen LogP) is 2.52. The lowest BCUT2D eigenvalue weighted by Gasteiger charge is -2.12. The fraction of sp³-hybridized carbons (Fsp3) is 0.231. The molecule has 0 bridgehead atoms. The molecule has 2 rings (SSSR count). The Morgan fingerprint density at radius 1 is 1.44 bits per heavy atom. The summed E-state index contributed by atoms with van der Waals surface area (Å²) in [5, 5.41) is 2.94. The molecule has 2 aromatic heterocycles. The Labute approximate surface area is 110 Å². The molecule has 1 unspecified atom stereocenters. The number of nitrogen functional groups attached to an aromatic ring is 1. The number of nitrogens with one attached hydrogen (secondary N) is 1. The molecule has 1 amide bonds. The summed E-state index contributed by atoms with van der Waals surface area (Å²) < 4.78 is 0. The van der Waals surface area contributed by atoms with Crippen molar-refractivity contribution in [3.8, 4) is 0 Å². The number of nitrogens with zero attached hydrogens (tertiary/aromatic N) is 1. The van der Waals surface area contributed by atoms with Crippen LogP contribution in [-0.4, -0.2) is 10.9 Å². The van der Waals surface area contributed by atoms with Crippen LogP contribution in [-0.2, 0) is 0 Å². The largest absolute Gasteiger partial charge is 0.384 e. The normalized spacial score (nSPS) is 12.1. The zero-order valence-electron chi connectivity index (χ0n) is 10.3. The number of amides is 1. The second kappa shape index (κ2) is 5.18. The number of carbonyl (C=O) groups excluding carboxylic acids is 1. The molecule has 5 heteroatoms. The monoisotopic (exact) mass is 261 g/mol. The smallest absolute Gasteiger partial charge is 0.251 e. The number of carbonyl (C=O) groups is 1. The van der Waals surface area contributed by atoms with Gasteiger partial charge in [-0.2, -0.15) is 0 Å². The first-order valence-corrected chi connectivity index (χ1v) is 6.46. The maximum absolute atomic E-state index is 12.0. The summed E-state index contributed by atoms with van der Waals surface area (Å²) in [5.74, 6) is 0.213. The number of thiophene rings is 1. The van der Waals surface area contributed by atoms with Crippen LogP contribution in [0.25, 0.3) is 0 Å². The summed E-state index contributed by atoms with van der Waals surface area (Å²) in [6, 6.07) is 7.30. The van der Waals surface area contributed by atoms with Crippen molar-refractivity contribution in [3.63, 3.8) is 0 Å². The summed E-state index contributed by atoms with van der Waals surface area (Å²) in [6.45, 7) is 4.01. The van der Waals surface area contributed by atoms with Gasteiger partial charge in [0.2, 0.25) is 0 Å². The predicted molar refractivity (Wildman–Crippen MR) is 73.6 cm³/mol. The van der Waals surface area contributed by atoms with Crippen LogP contribution in [0, 0.1) is 6.92 Å². The summed E-state index contributed by atoms with van der Waals surface area (Å²) in [7, 11) is 0. The molecule has 0 aliphatic rings. The van der Waals surface area contributed by atoms with E-state index in [0.717, 1.165) is 4.88 Å². The minimum Gasteiger partial charge on any atom is -0.384 e. The lowest BCUT2D eigenvalue weighted by Crippen LogP contribution is -2.26. The Hall–Kier alpha value is -1.88. The van der Waals surface area contributed by atoms with Crippen molar-refractivity contribution in [2.75, 3.05) is 5.73 Å². The van der Waals surface area contributed by atoms with Crippen LogP contribution in [0.5, 0.6) is 0 Å². The van der Waals surface area contributed by atoms with Gasteiger partial charge in [-0.25, -0.2) is 4.98 Å². The second-order valence-corrected chi connectivity index (χ2v) is 5.43. The van der Waals surface area contributed by atoms with Gasteiger partial charge in [0.15, 0.2) is 0 Å². The summed E-state index contributed by atoms with van der Waals surface area (Å²) in [5.41, 5.74) is 6.08. The van der Waals surface area contributed by atoms with Gasteiger partial charge in [-0.1, -0.05) is 0 Å². The lowest BCUT2D eigenvalue weighted by molar-refractivity contribution is 0.0940. The molecule has 0 fully saturated rings. The van der Waals surface area contributed by atoms with E-state index in [0.29, 0.717) is 11.4 Å².